The lowest BCUT2D eigenvalue weighted by Gasteiger charge is -2.34. The third kappa shape index (κ3) is 3.92. The third-order valence-corrected chi connectivity index (χ3v) is 5.56. The first-order valence-corrected chi connectivity index (χ1v) is 9.93. The normalized spacial score (nSPS) is 16.8. The highest BCUT2D eigenvalue weighted by atomic mass is 35.5. The van der Waals surface area contributed by atoms with Crippen LogP contribution in [0, 0.1) is 6.92 Å². The van der Waals surface area contributed by atoms with Crippen LogP contribution in [0.5, 0.6) is 0 Å². The number of ketones is 1. The van der Waals surface area contributed by atoms with Crippen molar-refractivity contribution >= 4 is 23.2 Å². The monoisotopic (exact) mass is 393 g/mol. The zero-order chi connectivity index (χ0) is 19.5. The molecule has 0 N–H and O–H groups in total. The minimum atomic E-state index is -0.0845. The molecular formula is C23H24ClN3O. The molecule has 0 spiro atoms. The second kappa shape index (κ2) is 8.11. The van der Waals surface area contributed by atoms with Crippen molar-refractivity contribution in [3.8, 4) is 0 Å². The standard InChI is InChI=1S/C23H22ClN3O.H2/c1-16-20(6-3-13-25-16)23(28)21-7-2-8-22(26-21)27-14-4-5-18(15-27)17-9-11-19(24)12-10-17;/h2-3,6-13,18H,4-5,14-15H2,1H3;1H. The molecule has 5 heteroatoms. The summed E-state index contributed by atoms with van der Waals surface area (Å²) in [5.41, 5.74) is 3.08. The van der Waals surface area contributed by atoms with Crippen molar-refractivity contribution in [1.29, 1.82) is 0 Å². The number of aromatic nitrogens is 2. The first kappa shape index (κ1) is 18.6. The number of nitrogens with zero attached hydrogens (tertiary/aromatic N) is 3. The van der Waals surface area contributed by atoms with E-state index in [1.165, 1.54) is 5.56 Å². The average Bonchev–Trinajstić information content (AvgIpc) is 2.74. The first-order valence-electron chi connectivity index (χ1n) is 9.55. The van der Waals surface area contributed by atoms with Gasteiger partial charge in [0.1, 0.15) is 11.5 Å². The van der Waals surface area contributed by atoms with Crippen LogP contribution >= 0.6 is 11.6 Å². The minimum absolute atomic E-state index is 0. The number of aryl methyl sites for hydroxylation is 1. The molecule has 144 valence electrons. The third-order valence-electron chi connectivity index (χ3n) is 5.31. The van der Waals surface area contributed by atoms with Gasteiger partial charge in [-0.1, -0.05) is 29.8 Å². The van der Waals surface area contributed by atoms with Crippen molar-refractivity contribution in [1.82, 2.24) is 9.97 Å². The summed E-state index contributed by atoms with van der Waals surface area (Å²) in [6, 6.07) is 17.4. The molecule has 4 rings (SSSR count). The molecule has 3 heterocycles. The summed E-state index contributed by atoms with van der Waals surface area (Å²) in [6.45, 7) is 3.68. The molecule has 1 aliphatic heterocycles. The summed E-state index contributed by atoms with van der Waals surface area (Å²) in [6.07, 6.45) is 3.93. The average molecular weight is 394 g/mol. The summed E-state index contributed by atoms with van der Waals surface area (Å²) in [4.78, 5) is 24.1. The Labute approximate surface area is 171 Å². The fraction of sp³-hybridized carbons (Fsp3) is 0.261. The Morgan fingerprint density at radius 3 is 2.75 bits per heavy atom. The van der Waals surface area contributed by atoms with Crippen molar-refractivity contribution in [3.63, 3.8) is 0 Å². The molecule has 1 saturated heterocycles. The predicted octanol–water partition coefficient (Wildman–Crippen LogP) is 5.30. The van der Waals surface area contributed by atoms with Crippen LogP contribution < -0.4 is 4.90 Å². The molecule has 1 unspecified atom stereocenters. The van der Waals surface area contributed by atoms with Crippen molar-refractivity contribution < 1.29 is 6.22 Å². The van der Waals surface area contributed by atoms with Gasteiger partial charge in [0, 0.05) is 42.9 Å². The molecule has 1 fully saturated rings. The van der Waals surface area contributed by atoms with Crippen molar-refractivity contribution in [2.24, 2.45) is 0 Å². The van der Waals surface area contributed by atoms with E-state index in [0.29, 0.717) is 17.2 Å². The molecule has 1 atom stereocenters. The molecule has 3 aromatic rings. The molecule has 2 aromatic heterocycles. The molecule has 0 saturated carbocycles. The van der Waals surface area contributed by atoms with Gasteiger partial charge < -0.3 is 4.90 Å². The smallest absolute Gasteiger partial charge is 0.213 e. The van der Waals surface area contributed by atoms with Gasteiger partial charge in [-0.25, -0.2) is 4.98 Å². The zero-order valence-electron chi connectivity index (χ0n) is 15.8. The Balaban J connectivity index is 0.00000240. The lowest BCUT2D eigenvalue weighted by atomic mass is 9.90. The van der Waals surface area contributed by atoms with Crippen LogP contribution in [-0.4, -0.2) is 28.8 Å². The Morgan fingerprint density at radius 2 is 1.96 bits per heavy atom. The van der Waals surface area contributed by atoms with Crippen LogP contribution in [0.4, 0.5) is 5.82 Å². The largest absolute Gasteiger partial charge is 0.356 e. The second-order valence-corrected chi connectivity index (χ2v) is 7.62. The quantitative estimate of drug-likeness (QED) is 0.564. The molecule has 28 heavy (non-hydrogen) atoms. The van der Waals surface area contributed by atoms with Crippen molar-refractivity contribution in [3.05, 3.63) is 88.3 Å². The first-order chi connectivity index (χ1) is 13.6. The maximum atomic E-state index is 12.9. The van der Waals surface area contributed by atoms with E-state index in [-0.39, 0.29) is 7.21 Å². The number of rotatable bonds is 4. The van der Waals surface area contributed by atoms with E-state index in [2.05, 4.69) is 27.0 Å². The number of halogens is 1. The van der Waals surface area contributed by atoms with Gasteiger partial charge in [-0.15, -0.1) is 0 Å². The van der Waals surface area contributed by atoms with Crippen LogP contribution in [0.15, 0.2) is 60.8 Å². The van der Waals surface area contributed by atoms with Gasteiger partial charge in [-0.2, -0.15) is 0 Å². The number of pyridine rings is 2. The highest BCUT2D eigenvalue weighted by Gasteiger charge is 2.23. The Kier molecular flexibility index (Phi) is 5.40. The Hall–Kier alpha value is -2.72. The van der Waals surface area contributed by atoms with Gasteiger partial charge in [-0.3, -0.25) is 9.78 Å². The summed E-state index contributed by atoms with van der Waals surface area (Å²) in [7, 11) is 0. The fourth-order valence-corrected chi connectivity index (χ4v) is 3.91. The summed E-state index contributed by atoms with van der Waals surface area (Å²) in [5.74, 6) is 1.21. The molecule has 0 amide bonds. The van der Waals surface area contributed by atoms with Gasteiger partial charge in [0.25, 0.3) is 0 Å². The van der Waals surface area contributed by atoms with Gasteiger partial charge >= 0.3 is 0 Å². The lowest BCUT2D eigenvalue weighted by Crippen LogP contribution is -2.35. The number of hydrogen-bond acceptors (Lipinski definition) is 4. The summed E-state index contributed by atoms with van der Waals surface area (Å²) < 4.78 is 0. The highest BCUT2D eigenvalue weighted by molar-refractivity contribution is 6.30. The SMILES string of the molecule is Cc1ncccc1C(=O)c1cccc(N2CCCC(c3ccc(Cl)cc3)C2)n1.[HH]. The van der Waals surface area contributed by atoms with Crippen LogP contribution in [0.3, 0.4) is 0 Å². The van der Waals surface area contributed by atoms with Crippen LogP contribution in [0.25, 0.3) is 0 Å². The van der Waals surface area contributed by atoms with Gasteiger partial charge in [0.05, 0.1) is 0 Å². The van der Waals surface area contributed by atoms with Crippen LogP contribution in [0.2, 0.25) is 5.02 Å². The molecular weight excluding hydrogens is 370 g/mol. The van der Waals surface area contributed by atoms with E-state index < -0.39 is 0 Å². The number of piperidine rings is 1. The molecule has 0 radical (unpaired) electrons. The number of anilines is 1. The van der Waals surface area contributed by atoms with Crippen LogP contribution in [-0.2, 0) is 0 Å². The minimum Gasteiger partial charge on any atom is -0.356 e. The van der Waals surface area contributed by atoms with Gasteiger partial charge in [-0.05, 0) is 61.7 Å². The van der Waals surface area contributed by atoms with E-state index >= 15 is 0 Å². The number of benzene rings is 1. The molecule has 0 bridgehead atoms. The molecule has 4 nitrogen and oxygen atoms in total. The van der Waals surface area contributed by atoms with E-state index in [0.717, 1.165) is 42.5 Å². The Morgan fingerprint density at radius 1 is 1.14 bits per heavy atom. The van der Waals surface area contributed by atoms with Crippen molar-refractivity contribution in [2.75, 3.05) is 18.0 Å². The van der Waals surface area contributed by atoms with E-state index in [9.17, 15) is 4.79 Å². The van der Waals surface area contributed by atoms with E-state index in [1.807, 2.05) is 31.2 Å². The van der Waals surface area contributed by atoms with E-state index in [1.54, 1.807) is 24.4 Å². The summed E-state index contributed by atoms with van der Waals surface area (Å²) >= 11 is 6.03. The van der Waals surface area contributed by atoms with Gasteiger partial charge in [0.2, 0.25) is 5.78 Å². The zero-order valence-corrected chi connectivity index (χ0v) is 16.6. The lowest BCUT2D eigenvalue weighted by molar-refractivity contribution is 0.103. The molecule has 1 aromatic carbocycles. The number of hydrogen-bond donors (Lipinski definition) is 0. The topological polar surface area (TPSA) is 46.1 Å². The predicted molar refractivity (Wildman–Crippen MR) is 114 cm³/mol. The number of carbonyl (C=O) groups excluding carboxylic acids is 1. The van der Waals surface area contributed by atoms with Crippen LogP contribution in [0.1, 0.15) is 47.5 Å². The van der Waals surface area contributed by atoms with Gasteiger partial charge in [0.15, 0.2) is 0 Å². The van der Waals surface area contributed by atoms with E-state index in [4.69, 9.17) is 11.6 Å². The highest BCUT2D eigenvalue weighted by Crippen LogP contribution is 2.30. The van der Waals surface area contributed by atoms with Crippen molar-refractivity contribution in [2.45, 2.75) is 25.7 Å². The Bertz CT molecular complexity index is 993. The maximum Gasteiger partial charge on any atom is 0.213 e. The summed E-state index contributed by atoms with van der Waals surface area (Å²) in [5, 5.41) is 0.759. The molecule has 1 aliphatic rings. The number of carbonyl (C=O) groups is 1. The maximum absolute atomic E-state index is 12.9. The second-order valence-electron chi connectivity index (χ2n) is 7.18. The fourth-order valence-electron chi connectivity index (χ4n) is 3.78. The molecule has 0 aliphatic carbocycles.